The van der Waals surface area contributed by atoms with Crippen molar-refractivity contribution in [1.29, 1.82) is 0 Å². The third-order valence-electron chi connectivity index (χ3n) is 3.43. The van der Waals surface area contributed by atoms with Gasteiger partial charge in [0.1, 0.15) is 11.0 Å². The minimum atomic E-state index is -0.142. The zero-order valence-electron chi connectivity index (χ0n) is 10.7. The molecule has 1 heterocycles. The van der Waals surface area contributed by atoms with Crippen molar-refractivity contribution < 1.29 is 9.90 Å². The van der Waals surface area contributed by atoms with Crippen LogP contribution >= 0.6 is 11.6 Å². The Labute approximate surface area is 117 Å². The molecule has 1 fully saturated rings. The summed E-state index contributed by atoms with van der Waals surface area (Å²) in [6.07, 6.45) is 4.22. The number of rotatable bonds is 4. The van der Waals surface area contributed by atoms with E-state index in [4.69, 9.17) is 22.4 Å². The Kier molecular flexibility index (Phi) is 4.61. The van der Waals surface area contributed by atoms with Crippen LogP contribution in [-0.4, -0.2) is 40.1 Å². The highest BCUT2D eigenvalue weighted by molar-refractivity contribution is 6.29. The topological polar surface area (TPSA) is 79.5 Å². The van der Waals surface area contributed by atoms with Crippen LogP contribution in [0.5, 0.6) is 0 Å². The molecule has 1 aromatic heterocycles. The van der Waals surface area contributed by atoms with Crippen LogP contribution in [0.3, 0.4) is 0 Å². The van der Waals surface area contributed by atoms with Crippen molar-refractivity contribution in [1.82, 2.24) is 9.88 Å². The lowest BCUT2D eigenvalue weighted by Crippen LogP contribution is -2.40. The van der Waals surface area contributed by atoms with E-state index in [-0.39, 0.29) is 29.5 Å². The lowest BCUT2D eigenvalue weighted by molar-refractivity contribution is 0.0638. The lowest BCUT2D eigenvalue weighted by atomic mass is 10.1. The number of carbonyl (C=O) groups excluding carboxylic acids is 1. The molecule has 0 unspecified atom stereocenters. The van der Waals surface area contributed by atoms with Gasteiger partial charge in [-0.1, -0.05) is 24.4 Å². The Morgan fingerprint density at radius 2 is 2.16 bits per heavy atom. The molecule has 1 amide bonds. The highest BCUT2D eigenvalue weighted by Gasteiger charge is 2.27. The molecule has 0 aromatic carbocycles. The molecule has 0 radical (unpaired) electrons. The van der Waals surface area contributed by atoms with Gasteiger partial charge < -0.3 is 15.7 Å². The molecular formula is C13H18ClN3O2. The second-order valence-electron chi connectivity index (χ2n) is 4.76. The summed E-state index contributed by atoms with van der Waals surface area (Å²) in [5, 5.41) is 9.35. The van der Waals surface area contributed by atoms with Crippen LogP contribution in [0.2, 0.25) is 5.15 Å². The molecular weight excluding hydrogens is 266 g/mol. The monoisotopic (exact) mass is 283 g/mol. The first kappa shape index (κ1) is 14.1. The molecule has 1 aromatic rings. The molecule has 104 valence electrons. The molecule has 1 aliphatic carbocycles. The predicted molar refractivity (Wildman–Crippen MR) is 74.0 cm³/mol. The largest absolute Gasteiger partial charge is 0.395 e. The van der Waals surface area contributed by atoms with Crippen LogP contribution < -0.4 is 5.73 Å². The average Bonchev–Trinajstić information content (AvgIpc) is 2.87. The number of anilines is 1. The Morgan fingerprint density at radius 1 is 1.47 bits per heavy atom. The van der Waals surface area contributed by atoms with Crippen molar-refractivity contribution in [2.24, 2.45) is 0 Å². The van der Waals surface area contributed by atoms with Gasteiger partial charge in [-0.05, 0) is 25.0 Å². The normalized spacial score (nSPS) is 15.7. The van der Waals surface area contributed by atoms with Gasteiger partial charge in [-0.2, -0.15) is 0 Å². The van der Waals surface area contributed by atoms with Crippen LogP contribution in [0.4, 0.5) is 5.82 Å². The fourth-order valence-corrected chi connectivity index (χ4v) is 2.80. The van der Waals surface area contributed by atoms with Crippen LogP contribution in [-0.2, 0) is 0 Å². The molecule has 0 aliphatic heterocycles. The van der Waals surface area contributed by atoms with Gasteiger partial charge in [0.05, 0.1) is 6.61 Å². The highest BCUT2D eigenvalue weighted by atomic mass is 35.5. The summed E-state index contributed by atoms with van der Waals surface area (Å²) in [6, 6.07) is 3.24. The van der Waals surface area contributed by atoms with Crippen molar-refractivity contribution in [3.05, 3.63) is 22.8 Å². The maximum atomic E-state index is 12.5. The maximum Gasteiger partial charge on any atom is 0.254 e. The number of halogens is 1. The number of pyridine rings is 1. The van der Waals surface area contributed by atoms with Crippen molar-refractivity contribution in [2.75, 3.05) is 18.9 Å². The van der Waals surface area contributed by atoms with Gasteiger partial charge in [0, 0.05) is 18.2 Å². The number of nitrogens with two attached hydrogens (primary N) is 1. The number of nitrogen functional groups attached to an aromatic ring is 1. The van der Waals surface area contributed by atoms with Gasteiger partial charge in [-0.25, -0.2) is 4.98 Å². The molecule has 1 aliphatic rings. The van der Waals surface area contributed by atoms with E-state index in [2.05, 4.69) is 4.98 Å². The summed E-state index contributed by atoms with van der Waals surface area (Å²) >= 11 is 5.82. The summed E-state index contributed by atoms with van der Waals surface area (Å²) in [4.78, 5) is 18.1. The van der Waals surface area contributed by atoms with Gasteiger partial charge >= 0.3 is 0 Å². The number of aromatic nitrogens is 1. The average molecular weight is 284 g/mol. The third kappa shape index (κ3) is 3.36. The van der Waals surface area contributed by atoms with Crippen molar-refractivity contribution >= 4 is 23.3 Å². The maximum absolute atomic E-state index is 12.5. The van der Waals surface area contributed by atoms with E-state index in [0.717, 1.165) is 25.7 Å². The van der Waals surface area contributed by atoms with E-state index in [1.807, 2.05) is 0 Å². The second kappa shape index (κ2) is 6.21. The molecule has 1 saturated carbocycles. The second-order valence-corrected chi connectivity index (χ2v) is 5.15. The number of hydrogen-bond acceptors (Lipinski definition) is 4. The molecule has 0 bridgehead atoms. The smallest absolute Gasteiger partial charge is 0.254 e. The first-order valence-electron chi connectivity index (χ1n) is 6.46. The predicted octanol–water partition coefficient (Wildman–Crippen LogP) is 1.69. The van der Waals surface area contributed by atoms with E-state index < -0.39 is 0 Å². The zero-order valence-corrected chi connectivity index (χ0v) is 11.4. The zero-order chi connectivity index (χ0) is 13.8. The van der Waals surface area contributed by atoms with E-state index >= 15 is 0 Å². The van der Waals surface area contributed by atoms with Crippen molar-refractivity contribution in [2.45, 2.75) is 31.7 Å². The van der Waals surface area contributed by atoms with E-state index in [0.29, 0.717) is 12.1 Å². The van der Waals surface area contributed by atoms with Gasteiger partial charge in [0.25, 0.3) is 5.91 Å². The van der Waals surface area contributed by atoms with Crippen molar-refractivity contribution in [3.63, 3.8) is 0 Å². The van der Waals surface area contributed by atoms with E-state index in [1.165, 1.54) is 12.1 Å². The highest BCUT2D eigenvalue weighted by Crippen LogP contribution is 2.25. The lowest BCUT2D eigenvalue weighted by Gasteiger charge is -2.28. The molecule has 19 heavy (non-hydrogen) atoms. The Bertz CT molecular complexity index is 441. The molecule has 0 atom stereocenters. The Hall–Kier alpha value is -1.33. The SMILES string of the molecule is Nc1cc(C(=O)N(CCO)C2CCCC2)cc(Cl)n1. The van der Waals surface area contributed by atoms with Gasteiger partial charge in [0.15, 0.2) is 0 Å². The quantitative estimate of drug-likeness (QED) is 0.824. The number of carbonyl (C=O) groups is 1. The number of amides is 1. The van der Waals surface area contributed by atoms with Crippen LogP contribution in [0, 0.1) is 0 Å². The molecule has 3 N–H and O–H groups in total. The Morgan fingerprint density at radius 3 is 2.74 bits per heavy atom. The fourth-order valence-electron chi connectivity index (χ4n) is 2.58. The summed E-state index contributed by atoms with van der Waals surface area (Å²) in [5.74, 6) is 0.0863. The van der Waals surface area contributed by atoms with Gasteiger partial charge in [-0.15, -0.1) is 0 Å². The van der Waals surface area contributed by atoms with Crippen LogP contribution in [0.1, 0.15) is 36.0 Å². The molecule has 5 nitrogen and oxygen atoms in total. The molecule has 0 saturated heterocycles. The first-order chi connectivity index (χ1) is 9.11. The number of hydrogen-bond donors (Lipinski definition) is 2. The van der Waals surface area contributed by atoms with Crippen LogP contribution in [0.25, 0.3) is 0 Å². The summed E-state index contributed by atoms with van der Waals surface area (Å²) < 4.78 is 0. The number of aliphatic hydroxyl groups is 1. The van der Waals surface area contributed by atoms with Gasteiger partial charge in [0.2, 0.25) is 0 Å². The van der Waals surface area contributed by atoms with Crippen molar-refractivity contribution in [3.8, 4) is 0 Å². The third-order valence-corrected chi connectivity index (χ3v) is 3.62. The van der Waals surface area contributed by atoms with Gasteiger partial charge in [-0.3, -0.25) is 4.79 Å². The molecule has 6 heteroatoms. The first-order valence-corrected chi connectivity index (χ1v) is 6.84. The standard InChI is InChI=1S/C13H18ClN3O2/c14-11-7-9(8-12(15)16-11)13(19)17(5-6-18)10-3-1-2-4-10/h7-8,10,18H,1-6H2,(H2,15,16). The summed E-state index contributed by atoms with van der Waals surface area (Å²) in [6.45, 7) is 0.292. The number of aliphatic hydroxyl groups excluding tert-OH is 1. The fraction of sp³-hybridized carbons (Fsp3) is 0.538. The van der Waals surface area contributed by atoms with E-state index in [9.17, 15) is 4.79 Å². The Balaban J connectivity index is 2.22. The minimum Gasteiger partial charge on any atom is -0.395 e. The molecule has 2 rings (SSSR count). The minimum absolute atomic E-state index is 0.0451. The summed E-state index contributed by atoms with van der Waals surface area (Å²) in [5.41, 5.74) is 6.04. The summed E-state index contributed by atoms with van der Waals surface area (Å²) in [7, 11) is 0. The van der Waals surface area contributed by atoms with E-state index in [1.54, 1.807) is 4.90 Å². The van der Waals surface area contributed by atoms with Crippen LogP contribution in [0.15, 0.2) is 12.1 Å². The number of nitrogens with zero attached hydrogens (tertiary/aromatic N) is 2. The molecule has 0 spiro atoms.